The molecule has 274 valence electrons. The molecule has 0 radical (unpaired) electrons. The van der Waals surface area contributed by atoms with Gasteiger partial charge in [0, 0.05) is 43.0 Å². The maximum atomic E-state index is 12.0. The van der Waals surface area contributed by atoms with Crippen LogP contribution in [0.1, 0.15) is 79.8 Å². The number of anilines is 1. The molecule has 1 amide bonds. The predicted octanol–water partition coefficient (Wildman–Crippen LogP) is 5.33. The minimum absolute atomic E-state index is 0.0294. The number of ether oxygens (including phenoxy) is 3. The summed E-state index contributed by atoms with van der Waals surface area (Å²) in [5, 5.41) is 39.1. The van der Waals surface area contributed by atoms with E-state index in [0.29, 0.717) is 42.7 Å². The first-order valence-electron chi connectivity index (χ1n) is 18.8. The number of aromatic hydroxyl groups is 1. The zero-order valence-electron chi connectivity index (χ0n) is 29.8. The number of hydrogen-bond donors (Lipinski definition) is 5. The van der Waals surface area contributed by atoms with Gasteiger partial charge in [0.15, 0.2) is 6.61 Å². The fourth-order valence-electron chi connectivity index (χ4n) is 8.85. The monoisotopic (exact) mass is 700 g/mol. The molecule has 3 saturated heterocycles. The quantitative estimate of drug-likeness (QED) is 0.106. The largest absolute Gasteiger partial charge is 0.508 e. The van der Waals surface area contributed by atoms with Crippen molar-refractivity contribution in [1.29, 1.82) is 0 Å². The van der Waals surface area contributed by atoms with E-state index in [2.05, 4.69) is 47.0 Å². The van der Waals surface area contributed by atoms with Gasteiger partial charge in [-0.15, -0.1) is 0 Å². The lowest BCUT2D eigenvalue weighted by molar-refractivity contribution is -0.946. The van der Waals surface area contributed by atoms with Crippen molar-refractivity contribution in [3.63, 3.8) is 0 Å². The van der Waals surface area contributed by atoms with Gasteiger partial charge in [-0.25, -0.2) is 0 Å². The van der Waals surface area contributed by atoms with Crippen LogP contribution in [0.5, 0.6) is 11.5 Å². The van der Waals surface area contributed by atoms with E-state index >= 15 is 0 Å². The third-order valence-electron chi connectivity index (χ3n) is 12.0. The highest BCUT2D eigenvalue weighted by Gasteiger charge is 2.48. The molecule has 3 aromatic rings. The molecule has 51 heavy (non-hydrogen) atoms. The molecule has 3 aromatic carbocycles. The van der Waals surface area contributed by atoms with E-state index in [-0.39, 0.29) is 42.9 Å². The molecule has 1 unspecified atom stereocenters. The normalized spacial score (nSPS) is 25.4. The Bertz CT molecular complexity index is 1620. The summed E-state index contributed by atoms with van der Waals surface area (Å²) in [6.07, 6.45) is 6.07. The number of hydrogen-bond acceptors (Lipinski definition) is 8. The number of aliphatic hydroxyl groups is 2. The second kappa shape index (κ2) is 15.6. The van der Waals surface area contributed by atoms with Crippen molar-refractivity contribution in [2.45, 2.75) is 75.9 Å². The van der Waals surface area contributed by atoms with Crippen LogP contribution < -0.4 is 15.4 Å². The standard InChI is InChI=1S/C41H53N3O7/c1-28(42-23-37(46)35-21-34(45)22-36-40(35)50-26-39(47)43-36)30-13-11-29(12-14-30)25-49-20-19-44-17-15-31(16-18-44)38(24-44)51-27-41(48,33-9-5-6-10-33)32-7-3-2-4-8-32/h2-4,7-8,11-14,21-22,28,31,33,37-38,42,46,48H,5-6,9-10,15-20,23-27H2,1H3,(H-,43,45,47)/p+1/t28-,31?,37+,38+,41?,44?/m1/s1. The molecule has 4 fully saturated rings. The molecule has 1 saturated carbocycles. The van der Waals surface area contributed by atoms with Crippen molar-refractivity contribution in [3.8, 4) is 11.5 Å². The third-order valence-corrected chi connectivity index (χ3v) is 12.0. The van der Waals surface area contributed by atoms with E-state index in [9.17, 15) is 20.1 Å². The Kier molecular flexibility index (Phi) is 11.0. The Balaban J connectivity index is 0.868. The Morgan fingerprint density at radius 1 is 1.04 bits per heavy atom. The van der Waals surface area contributed by atoms with Crippen LogP contribution in [0.15, 0.2) is 66.7 Å². The van der Waals surface area contributed by atoms with Crippen LogP contribution in [-0.4, -0.2) is 84.4 Å². The number of phenolic OH excluding ortho intramolecular Hbond substituents is 1. The van der Waals surface area contributed by atoms with Crippen molar-refractivity contribution in [2.24, 2.45) is 11.8 Å². The number of quaternary nitrogens is 1. The average Bonchev–Trinajstić information content (AvgIpc) is 3.71. The van der Waals surface area contributed by atoms with Crippen LogP contribution >= 0.6 is 0 Å². The van der Waals surface area contributed by atoms with Crippen molar-refractivity contribution in [3.05, 3.63) is 89.0 Å². The summed E-state index contributed by atoms with van der Waals surface area (Å²) in [5.41, 5.74) is 3.05. The summed E-state index contributed by atoms with van der Waals surface area (Å²) < 4.78 is 19.5. The minimum atomic E-state index is -0.940. The lowest BCUT2D eigenvalue weighted by Crippen LogP contribution is -2.65. The van der Waals surface area contributed by atoms with Gasteiger partial charge in [0.2, 0.25) is 0 Å². The molecule has 10 heteroatoms. The number of fused-ring (bicyclic) bond motifs is 4. The van der Waals surface area contributed by atoms with Crippen LogP contribution in [0.4, 0.5) is 5.69 Å². The lowest BCUT2D eigenvalue weighted by atomic mass is 9.80. The summed E-state index contributed by atoms with van der Waals surface area (Å²) in [7, 11) is 0. The number of carbonyl (C=O) groups excluding carboxylic acids is 1. The number of benzene rings is 3. The van der Waals surface area contributed by atoms with Gasteiger partial charge in [0.1, 0.15) is 36.3 Å². The van der Waals surface area contributed by atoms with Gasteiger partial charge in [0.05, 0.1) is 44.7 Å². The van der Waals surface area contributed by atoms with Gasteiger partial charge in [-0.1, -0.05) is 67.4 Å². The Morgan fingerprint density at radius 2 is 1.78 bits per heavy atom. The van der Waals surface area contributed by atoms with Gasteiger partial charge < -0.3 is 44.6 Å². The van der Waals surface area contributed by atoms with E-state index < -0.39 is 11.7 Å². The lowest BCUT2D eigenvalue weighted by Gasteiger charge is -2.52. The molecule has 4 atom stereocenters. The second-order valence-corrected chi connectivity index (χ2v) is 15.3. The Morgan fingerprint density at radius 3 is 2.53 bits per heavy atom. The number of rotatable bonds is 15. The Hall–Kier alpha value is -3.51. The van der Waals surface area contributed by atoms with Crippen LogP contribution in [0.25, 0.3) is 0 Å². The minimum Gasteiger partial charge on any atom is -0.508 e. The molecule has 0 spiro atoms. The highest BCUT2D eigenvalue weighted by molar-refractivity contribution is 5.96. The van der Waals surface area contributed by atoms with Crippen LogP contribution in [0.2, 0.25) is 0 Å². The molecule has 10 nitrogen and oxygen atoms in total. The topological polar surface area (TPSA) is 130 Å². The second-order valence-electron chi connectivity index (χ2n) is 15.3. The van der Waals surface area contributed by atoms with Crippen LogP contribution in [0.3, 0.4) is 0 Å². The highest BCUT2D eigenvalue weighted by Crippen LogP contribution is 2.43. The van der Waals surface area contributed by atoms with E-state index in [1.54, 1.807) is 0 Å². The van der Waals surface area contributed by atoms with Gasteiger partial charge in [-0.3, -0.25) is 4.79 Å². The van der Waals surface area contributed by atoms with Crippen molar-refractivity contribution in [1.82, 2.24) is 5.32 Å². The fraction of sp³-hybridized carbons (Fsp3) is 0.537. The van der Waals surface area contributed by atoms with Gasteiger partial charge in [-0.2, -0.15) is 0 Å². The molecular weight excluding hydrogens is 646 g/mol. The highest BCUT2D eigenvalue weighted by atomic mass is 16.5. The summed E-state index contributed by atoms with van der Waals surface area (Å²) >= 11 is 0. The van der Waals surface area contributed by atoms with Crippen LogP contribution in [-0.2, 0) is 26.5 Å². The predicted molar refractivity (Wildman–Crippen MR) is 194 cm³/mol. The molecular formula is C41H54N3O7+. The maximum absolute atomic E-state index is 12.0. The number of piperidine rings is 3. The number of aliphatic hydroxyl groups excluding tert-OH is 1. The average molecular weight is 701 g/mol. The zero-order valence-corrected chi connectivity index (χ0v) is 29.8. The van der Waals surface area contributed by atoms with Crippen molar-refractivity contribution in [2.75, 3.05) is 57.9 Å². The maximum Gasteiger partial charge on any atom is 0.262 e. The third kappa shape index (κ3) is 8.11. The van der Waals surface area contributed by atoms with E-state index in [1.807, 2.05) is 25.1 Å². The molecule has 4 heterocycles. The molecule has 8 rings (SSSR count). The number of amides is 1. The SMILES string of the molecule is C[C@@H](NC[C@H](O)c1cc(O)cc2c1OCC(=O)N2)c1ccc(COCC[N+]23CCC(CC2)[C@@H](OCC(O)(c2ccccc2)C2CCCC2)C3)cc1. The molecule has 4 aliphatic heterocycles. The first-order chi connectivity index (χ1) is 24.7. The number of phenols is 1. The summed E-state index contributed by atoms with van der Waals surface area (Å²) in [5.74, 6) is 0.858. The first kappa shape index (κ1) is 35.9. The summed E-state index contributed by atoms with van der Waals surface area (Å²) in [4.78, 5) is 11.7. The molecule has 1 aliphatic carbocycles. The van der Waals surface area contributed by atoms with E-state index in [4.69, 9.17) is 14.2 Å². The summed E-state index contributed by atoms with van der Waals surface area (Å²) in [6, 6.07) is 21.4. The molecule has 0 aromatic heterocycles. The summed E-state index contributed by atoms with van der Waals surface area (Å²) in [6.45, 7) is 8.07. The van der Waals surface area contributed by atoms with Gasteiger partial charge >= 0.3 is 0 Å². The first-order valence-corrected chi connectivity index (χ1v) is 18.8. The molecule has 5 N–H and O–H groups in total. The van der Waals surface area contributed by atoms with Gasteiger partial charge in [-0.05, 0) is 48.4 Å². The number of nitrogens with zero attached hydrogens (tertiary/aromatic N) is 1. The van der Waals surface area contributed by atoms with Crippen LogP contribution in [0, 0.1) is 11.8 Å². The van der Waals surface area contributed by atoms with Gasteiger partial charge in [0.25, 0.3) is 5.91 Å². The smallest absolute Gasteiger partial charge is 0.262 e. The fourth-order valence-corrected chi connectivity index (χ4v) is 8.85. The molecule has 5 aliphatic rings. The Labute approximate surface area is 301 Å². The van der Waals surface area contributed by atoms with Crippen molar-refractivity contribution < 1.29 is 38.8 Å². The molecule has 2 bridgehead atoms. The van der Waals surface area contributed by atoms with E-state index in [0.717, 1.165) is 47.1 Å². The number of carbonyl (C=O) groups is 1. The zero-order chi connectivity index (χ0) is 35.4. The van der Waals surface area contributed by atoms with Crippen molar-refractivity contribution >= 4 is 11.6 Å². The number of nitrogens with one attached hydrogen (secondary N) is 2. The van der Waals surface area contributed by atoms with E-state index in [1.165, 1.54) is 50.9 Å².